The highest BCUT2D eigenvalue weighted by molar-refractivity contribution is 7.74. The van der Waals surface area contributed by atoms with E-state index in [1.807, 2.05) is 18.2 Å². The summed E-state index contributed by atoms with van der Waals surface area (Å²) in [6.45, 7) is 8.98. The summed E-state index contributed by atoms with van der Waals surface area (Å²) >= 11 is 3.93. The predicted octanol–water partition coefficient (Wildman–Crippen LogP) is 5.78. The predicted molar refractivity (Wildman–Crippen MR) is 140 cm³/mol. The number of nitriles is 1. The number of thiol groups is 1. The van der Waals surface area contributed by atoms with Gasteiger partial charge in [0.05, 0.1) is 11.6 Å². The van der Waals surface area contributed by atoms with Crippen molar-refractivity contribution in [1.82, 2.24) is 9.97 Å². The number of rotatable bonds is 10. The van der Waals surface area contributed by atoms with Gasteiger partial charge in [-0.3, -0.25) is 0 Å². The van der Waals surface area contributed by atoms with Gasteiger partial charge in [0.25, 0.3) is 5.95 Å². The molecule has 0 aliphatic rings. The molecule has 0 spiro atoms. The second kappa shape index (κ2) is 11.1. The van der Waals surface area contributed by atoms with Gasteiger partial charge in [0.2, 0.25) is 0 Å². The molecule has 0 aliphatic heterocycles. The summed E-state index contributed by atoms with van der Waals surface area (Å²) in [6.07, 6.45) is 6.16. The fourth-order valence-electron chi connectivity index (χ4n) is 4.08. The largest absolute Gasteiger partial charge is 0.489 e. The summed E-state index contributed by atoms with van der Waals surface area (Å²) in [5.41, 5.74) is 8.67. The van der Waals surface area contributed by atoms with Crippen LogP contribution in [0.5, 0.6) is 5.75 Å². The quantitative estimate of drug-likeness (QED) is 0.189. The highest BCUT2D eigenvalue weighted by atomic mass is 32.1. The number of aromatic nitrogens is 2. The molecule has 3 rings (SSSR count). The molecule has 35 heavy (non-hydrogen) atoms. The first-order chi connectivity index (χ1) is 16.6. The summed E-state index contributed by atoms with van der Waals surface area (Å²) in [5.74, 6) is 1.00. The Kier molecular flexibility index (Phi) is 8.39. The first-order valence-corrected chi connectivity index (χ1v) is 12.2. The highest BCUT2D eigenvalue weighted by Gasteiger charge is 2.25. The molecule has 2 N–H and O–H groups in total. The van der Waals surface area contributed by atoms with Gasteiger partial charge in [-0.15, -0.1) is 0 Å². The topological polar surface area (TPSA) is 91.1 Å². The van der Waals surface area contributed by atoms with E-state index >= 15 is 0 Å². The maximum absolute atomic E-state index is 9.76. The van der Waals surface area contributed by atoms with Gasteiger partial charge in [-0.1, -0.05) is 52.3 Å². The van der Waals surface area contributed by atoms with E-state index in [0.29, 0.717) is 6.61 Å². The number of benzene rings is 2. The third-order valence-corrected chi connectivity index (χ3v) is 6.16. The number of hydroxylamine groups is 1. The molecule has 7 nitrogen and oxygen atoms in total. The van der Waals surface area contributed by atoms with Gasteiger partial charge in [0, 0.05) is 23.4 Å². The van der Waals surface area contributed by atoms with Gasteiger partial charge in [0.15, 0.2) is 0 Å². The molecule has 1 aromatic heterocycles. The van der Waals surface area contributed by atoms with Crippen LogP contribution < -0.4 is 10.2 Å². The molecule has 8 heteroatoms. The van der Waals surface area contributed by atoms with Crippen molar-refractivity contribution in [3.05, 3.63) is 82.2 Å². The standard InChI is InChI=1S/C27H34N5O2S/c1-6-8-20-13-23(14-21(15-28)25(20)7-2)27(3,4)22-9-11-24(12-10-22)34-18-19-16-29-26(30-17-19)31-32(5,33)35/h9-14,16-17,33,35H,6-8,18H2,1-5H3,(H,29,30,31)/q+1. The van der Waals surface area contributed by atoms with Crippen LogP contribution in [-0.4, -0.2) is 26.4 Å². The molecule has 0 radical (unpaired) electrons. The monoisotopic (exact) mass is 492 g/mol. The van der Waals surface area contributed by atoms with E-state index in [1.165, 1.54) is 18.2 Å². The van der Waals surface area contributed by atoms with Crippen LogP contribution in [-0.2, 0) is 24.9 Å². The molecular weight excluding hydrogens is 458 g/mol. The Morgan fingerprint density at radius 2 is 1.77 bits per heavy atom. The van der Waals surface area contributed by atoms with Crippen molar-refractivity contribution in [2.45, 2.75) is 59.0 Å². The van der Waals surface area contributed by atoms with Gasteiger partial charge in [-0.05, 0) is 57.5 Å². The Morgan fingerprint density at radius 1 is 1.11 bits per heavy atom. The van der Waals surface area contributed by atoms with Gasteiger partial charge in [-0.25, -0.2) is 9.97 Å². The van der Waals surface area contributed by atoms with Crippen molar-refractivity contribution in [1.29, 1.82) is 5.26 Å². The first-order valence-electron chi connectivity index (χ1n) is 11.8. The summed E-state index contributed by atoms with van der Waals surface area (Å²) < 4.78 is 5.15. The summed E-state index contributed by atoms with van der Waals surface area (Å²) in [5, 5.41) is 19.4. The Labute approximate surface area is 213 Å². The molecule has 2 aromatic carbocycles. The van der Waals surface area contributed by atoms with Gasteiger partial charge >= 0.3 is 0 Å². The van der Waals surface area contributed by atoms with Crippen molar-refractivity contribution in [3.63, 3.8) is 0 Å². The van der Waals surface area contributed by atoms with Crippen molar-refractivity contribution < 1.29 is 14.1 Å². The first kappa shape index (κ1) is 26.5. The van der Waals surface area contributed by atoms with Gasteiger partial charge in [-0.2, -0.15) is 15.9 Å². The Balaban J connectivity index is 1.74. The number of anilines is 1. The zero-order valence-electron chi connectivity index (χ0n) is 21.0. The molecule has 1 heterocycles. The lowest BCUT2D eigenvalue weighted by atomic mass is 9.76. The van der Waals surface area contributed by atoms with Crippen molar-refractivity contribution in [3.8, 4) is 11.8 Å². The number of aryl methyl sites for hydroxylation is 1. The minimum absolute atomic E-state index is 0.258. The number of hydrogen-bond donors (Lipinski definition) is 3. The van der Waals surface area contributed by atoms with E-state index in [2.05, 4.69) is 80.2 Å². The summed E-state index contributed by atoms with van der Waals surface area (Å²) in [4.78, 5) is 8.31. The molecule has 184 valence electrons. The molecule has 0 saturated heterocycles. The van der Waals surface area contributed by atoms with E-state index in [4.69, 9.17) is 4.74 Å². The minimum Gasteiger partial charge on any atom is -0.489 e. The lowest BCUT2D eigenvalue weighted by molar-refractivity contribution is -0.955. The number of quaternary nitrogens is 1. The fourth-order valence-corrected chi connectivity index (χ4v) is 4.17. The van der Waals surface area contributed by atoms with Crippen molar-refractivity contribution in [2.24, 2.45) is 0 Å². The normalized spacial score (nSPS) is 13.1. The van der Waals surface area contributed by atoms with Crippen molar-refractivity contribution in [2.75, 3.05) is 12.5 Å². The Hall–Kier alpha value is -3.12. The number of nitrogens with one attached hydrogen (secondary N) is 1. The van der Waals surface area contributed by atoms with Crippen LogP contribution in [0.3, 0.4) is 0 Å². The second-order valence-corrected chi connectivity index (χ2v) is 10.0. The number of ether oxygens (including phenoxy) is 1. The van der Waals surface area contributed by atoms with Crippen LogP contribution >= 0.6 is 12.8 Å². The van der Waals surface area contributed by atoms with Crippen LogP contribution in [0.4, 0.5) is 5.95 Å². The molecule has 0 amide bonds. The van der Waals surface area contributed by atoms with Crippen LogP contribution in [0.25, 0.3) is 0 Å². The summed E-state index contributed by atoms with van der Waals surface area (Å²) in [6, 6.07) is 14.8. The summed E-state index contributed by atoms with van der Waals surface area (Å²) in [7, 11) is 1.43. The molecular formula is C27H34N5O2S+. The van der Waals surface area contributed by atoms with E-state index < -0.39 is 4.16 Å². The molecule has 0 fully saturated rings. The van der Waals surface area contributed by atoms with Gasteiger partial charge < -0.3 is 4.74 Å². The van der Waals surface area contributed by atoms with E-state index in [1.54, 1.807) is 12.4 Å². The zero-order valence-corrected chi connectivity index (χ0v) is 21.9. The lowest BCUT2D eigenvalue weighted by Crippen LogP contribution is -2.36. The van der Waals surface area contributed by atoms with E-state index in [-0.39, 0.29) is 11.4 Å². The smallest absolute Gasteiger partial charge is 0.273 e. The Morgan fingerprint density at radius 3 is 2.31 bits per heavy atom. The van der Waals surface area contributed by atoms with E-state index in [9.17, 15) is 10.5 Å². The SMILES string of the molecule is CCCc1cc(C(C)(C)c2ccc(OCc3cnc(N[N+](C)(O)S)nc3)cc2)cc(C#N)c1CC. The minimum atomic E-state index is -0.765. The van der Waals surface area contributed by atoms with Crippen LogP contribution in [0.15, 0.2) is 48.8 Å². The second-order valence-electron chi connectivity index (χ2n) is 9.25. The third-order valence-electron chi connectivity index (χ3n) is 6.06. The zero-order chi connectivity index (χ0) is 25.6. The maximum Gasteiger partial charge on any atom is 0.273 e. The average Bonchev–Trinajstić information content (AvgIpc) is 2.82. The average molecular weight is 493 g/mol. The number of nitrogens with zero attached hydrogens (tertiary/aromatic N) is 4. The molecule has 3 aromatic rings. The van der Waals surface area contributed by atoms with Gasteiger partial charge in [0.1, 0.15) is 32.2 Å². The Bertz CT molecular complexity index is 1180. The third kappa shape index (κ3) is 6.73. The fraction of sp³-hybridized carbons (Fsp3) is 0.370. The lowest BCUT2D eigenvalue weighted by Gasteiger charge is -2.28. The molecule has 0 aliphatic carbocycles. The maximum atomic E-state index is 9.76. The molecule has 1 atom stereocenters. The number of hydrogen-bond acceptors (Lipinski definition) is 7. The molecule has 1 unspecified atom stereocenters. The highest BCUT2D eigenvalue weighted by Crippen LogP contribution is 2.35. The van der Waals surface area contributed by atoms with Crippen LogP contribution in [0, 0.1) is 11.3 Å². The van der Waals surface area contributed by atoms with Crippen molar-refractivity contribution >= 4 is 18.8 Å². The molecule has 0 bridgehead atoms. The van der Waals surface area contributed by atoms with Crippen LogP contribution in [0.1, 0.15) is 67.5 Å². The van der Waals surface area contributed by atoms with E-state index in [0.717, 1.165) is 47.3 Å². The van der Waals surface area contributed by atoms with Crippen LogP contribution in [0.2, 0.25) is 0 Å². The molecule has 0 saturated carbocycles.